The Hall–Kier alpha value is -0.940. The first-order valence-corrected chi connectivity index (χ1v) is 7.77. The molecule has 4 heteroatoms. The Kier molecular flexibility index (Phi) is 4.68. The molecule has 0 aromatic heterocycles. The lowest BCUT2D eigenvalue weighted by molar-refractivity contribution is 0.116. The molecule has 0 radical (unpaired) electrons. The van der Waals surface area contributed by atoms with Crippen LogP contribution in [0.5, 0.6) is 0 Å². The fraction of sp³-hybridized carbons (Fsp3) is 0.625. The molecule has 1 aromatic carbocycles. The maximum atomic E-state index is 9.55. The molecule has 1 saturated carbocycles. The van der Waals surface area contributed by atoms with Crippen LogP contribution in [0.4, 0.5) is 0 Å². The van der Waals surface area contributed by atoms with E-state index in [9.17, 15) is 5.11 Å². The van der Waals surface area contributed by atoms with Crippen molar-refractivity contribution >= 4 is 0 Å². The van der Waals surface area contributed by atoms with Gasteiger partial charge in [-0.05, 0) is 31.2 Å². The third-order valence-corrected chi connectivity index (χ3v) is 4.62. The summed E-state index contributed by atoms with van der Waals surface area (Å²) in [5.74, 6) is 0.573. The smallest absolute Gasteiger partial charge is 0.0541 e. The Morgan fingerprint density at radius 1 is 1.10 bits per heavy atom. The predicted molar refractivity (Wildman–Crippen MR) is 80.1 cm³/mol. The molecule has 20 heavy (non-hydrogen) atoms. The molecule has 2 fully saturated rings. The minimum atomic E-state index is -0.0695. The van der Waals surface area contributed by atoms with Crippen LogP contribution in [-0.2, 0) is 0 Å². The Labute approximate surface area is 120 Å². The van der Waals surface area contributed by atoms with Crippen molar-refractivity contribution in [3.8, 4) is 0 Å². The van der Waals surface area contributed by atoms with E-state index in [-0.39, 0.29) is 6.10 Å². The van der Waals surface area contributed by atoms with Crippen LogP contribution in [-0.4, -0.2) is 30.3 Å². The van der Waals surface area contributed by atoms with Gasteiger partial charge in [-0.25, -0.2) is 5.43 Å². The second kappa shape index (κ2) is 6.68. The largest absolute Gasteiger partial charge is 0.393 e. The second-order valence-corrected chi connectivity index (χ2v) is 6.09. The molecule has 4 N–H and O–H groups in total. The van der Waals surface area contributed by atoms with Gasteiger partial charge in [0.25, 0.3) is 0 Å². The van der Waals surface area contributed by atoms with Crippen molar-refractivity contribution in [3.63, 3.8) is 0 Å². The summed E-state index contributed by atoms with van der Waals surface area (Å²) in [6.07, 6.45) is 4.03. The summed E-state index contributed by atoms with van der Waals surface area (Å²) < 4.78 is 0. The standard InChI is InChI=1S/C16H25N3O/c20-15-8-6-14(7-9-15)17-10-13-11-18-19-16(13)12-4-2-1-3-5-12/h1-5,13-20H,6-11H2. The Morgan fingerprint density at radius 3 is 2.60 bits per heavy atom. The van der Waals surface area contributed by atoms with E-state index in [1.54, 1.807) is 0 Å². The van der Waals surface area contributed by atoms with Crippen molar-refractivity contribution in [1.29, 1.82) is 0 Å². The van der Waals surface area contributed by atoms with Gasteiger partial charge in [0.1, 0.15) is 0 Å². The number of benzene rings is 1. The van der Waals surface area contributed by atoms with Crippen LogP contribution >= 0.6 is 0 Å². The van der Waals surface area contributed by atoms with Crippen LogP contribution in [0.15, 0.2) is 30.3 Å². The van der Waals surface area contributed by atoms with Crippen LogP contribution in [0.3, 0.4) is 0 Å². The second-order valence-electron chi connectivity index (χ2n) is 6.09. The number of hydrazine groups is 1. The Morgan fingerprint density at radius 2 is 1.85 bits per heavy atom. The third-order valence-electron chi connectivity index (χ3n) is 4.62. The fourth-order valence-electron chi connectivity index (χ4n) is 3.34. The third kappa shape index (κ3) is 3.38. The van der Waals surface area contributed by atoms with Gasteiger partial charge in [0, 0.05) is 25.0 Å². The van der Waals surface area contributed by atoms with E-state index in [1.165, 1.54) is 5.56 Å². The van der Waals surface area contributed by atoms with Crippen LogP contribution in [0.25, 0.3) is 0 Å². The first kappa shape index (κ1) is 14.0. The molecule has 110 valence electrons. The highest BCUT2D eigenvalue weighted by molar-refractivity contribution is 5.20. The lowest BCUT2D eigenvalue weighted by atomic mass is 9.91. The number of rotatable bonds is 4. The van der Waals surface area contributed by atoms with Crippen molar-refractivity contribution in [2.45, 2.75) is 43.9 Å². The van der Waals surface area contributed by atoms with Crippen molar-refractivity contribution in [3.05, 3.63) is 35.9 Å². The van der Waals surface area contributed by atoms with Gasteiger partial charge in [0.2, 0.25) is 0 Å². The number of nitrogens with one attached hydrogen (secondary N) is 3. The molecule has 3 rings (SSSR count). The molecule has 2 aliphatic rings. The Bertz CT molecular complexity index is 403. The zero-order valence-corrected chi connectivity index (χ0v) is 11.9. The van der Waals surface area contributed by atoms with Crippen LogP contribution in [0.2, 0.25) is 0 Å². The predicted octanol–water partition coefficient (Wildman–Crippen LogP) is 1.34. The molecule has 4 nitrogen and oxygen atoms in total. The summed E-state index contributed by atoms with van der Waals surface area (Å²) in [6.45, 7) is 2.03. The molecule has 2 unspecified atom stereocenters. The maximum absolute atomic E-state index is 9.55. The lowest BCUT2D eigenvalue weighted by Crippen LogP contribution is -2.39. The highest BCUT2D eigenvalue weighted by atomic mass is 16.3. The molecular weight excluding hydrogens is 250 g/mol. The first-order valence-electron chi connectivity index (χ1n) is 7.77. The van der Waals surface area contributed by atoms with Crippen LogP contribution < -0.4 is 16.2 Å². The number of aliphatic hydroxyl groups excluding tert-OH is 1. The van der Waals surface area contributed by atoms with E-state index >= 15 is 0 Å². The van der Waals surface area contributed by atoms with Gasteiger partial charge in [0.15, 0.2) is 0 Å². The summed E-state index contributed by atoms with van der Waals surface area (Å²) in [4.78, 5) is 0. The molecule has 0 amide bonds. The first-order chi connectivity index (χ1) is 9.83. The highest BCUT2D eigenvalue weighted by Gasteiger charge is 2.29. The Balaban J connectivity index is 1.52. The normalized spacial score (nSPS) is 34.2. The van der Waals surface area contributed by atoms with Crippen LogP contribution in [0, 0.1) is 5.92 Å². The zero-order valence-electron chi connectivity index (χ0n) is 11.9. The van der Waals surface area contributed by atoms with E-state index in [1.807, 2.05) is 0 Å². The highest BCUT2D eigenvalue weighted by Crippen LogP contribution is 2.25. The molecule has 0 spiro atoms. The van der Waals surface area contributed by atoms with Gasteiger partial charge < -0.3 is 10.4 Å². The molecular formula is C16H25N3O. The quantitative estimate of drug-likeness (QED) is 0.670. The number of hydrogen-bond donors (Lipinski definition) is 4. The summed E-state index contributed by atoms with van der Waals surface area (Å²) in [5.41, 5.74) is 8.02. The minimum absolute atomic E-state index is 0.0695. The number of hydrogen-bond acceptors (Lipinski definition) is 4. The van der Waals surface area contributed by atoms with Crippen molar-refractivity contribution in [2.75, 3.05) is 13.1 Å². The molecule has 0 bridgehead atoms. The average Bonchev–Trinajstić information content (AvgIpc) is 2.96. The molecule has 1 saturated heterocycles. The van der Waals surface area contributed by atoms with E-state index in [2.05, 4.69) is 46.5 Å². The van der Waals surface area contributed by atoms with E-state index in [4.69, 9.17) is 0 Å². The lowest BCUT2D eigenvalue weighted by Gasteiger charge is -2.28. The fourth-order valence-corrected chi connectivity index (χ4v) is 3.34. The summed E-state index contributed by atoms with van der Waals surface area (Å²) >= 11 is 0. The van der Waals surface area contributed by atoms with Gasteiger partial charge in [-0.1, -0.05) is 30.3 Å². The van der Waals surface area contributed by atoms with Gasteiger partial charge in [-0.2, -0.15) is 0 Å². The van der Waals surface area contributed by atoms with Crippen molar-refractivity contribution in [2.24, 2.45) is 5.92 Å². The van der Waals surface area contributed by atoms with Crippen LogP contribution in [0.1, 0.15) is 37.3 Å². The molecule has 1 aliphatic carbocycles. The molecule has 1 aliphatic heterocycles. The molecule has 1 aromatic rings. The van der Waals surface area contributed by atoms with E-state index < -0.39 is 0 Å². The van der Waals surface area contributed by atoms with Crippen molar-refractivity contribution < 1.29 is 5.11 Å². The zero-order chi connectivity index (χ0) is 13.8. The van der Waals surface area contributed by atoms with Gasteiger partial charge in [-0.3, -0.25) is 5.43 Å². The topological polar surface area (TPSA) is 56.3 Å². The average molecular weight is 275 g/mol. The van der Waals surface area contributed by atoms with Crippen molar-refractivity contribution in [1.82, 2.24) is 16.2 Å². The molecule has 2 atom stereocenters. The van der Waals surface area contributed by atoms with Gasteiger partial charge >= 0.3 is 0 Å². The summed E-state index contributed by atoms with van der Waals surface area (Å²) in [6, 6.07) is 11.6. The maximum Gasteiger partial charge on any atom is 0.0541 e. The SMILES string of the molecule is OC1CCC(NCC2CNNC2c2ccccc2)CC1. The number of aliphatic hydroxyl groups is 1. The minimum Gasteiger partial charge on any atom is -0.393 e. The monoisotopic (exact) mass is 275 g/mol. The summed E-state index contributed by atoms with van der Waals surface area (Å²) in [7, 11) is 0. The molecule has 1 heterocycles. The van der Waals surface area contributed by atoms with E-state index in [0.717, 1.165) is 38.8 Å². The van der Waals surface area contributed by atoms with Gasteiger partial charge in [-0.15, -0.1) is 0 Å². The van der Waals surface area contributed by atoms with E-state index in [0.29, 0.717) is 18.0 Å². The summed E-state index contributed by atoms with van der Waals surface area (Å²) in [5, 5.41) is 13.2. The van der Waals surface area contributed by atoms with Gasteiger partial charge in [0.05, 0.1) is 12.1 Å².